The minimum absolute atomic E-state index is 0.614. The van der Waals surface area contributed by atoms with Crippen molar-refractivity contribution in [1.29, 1.82) is 5.26 Å². The molecule has 1 rings (SSSR count). The van der Waals surface area contributed by atoms with Gasteiger partial charge in [-0.15, -0.1) is 6.58 Å². The number of nitrogens with one attached hydrogen (secondary N) is 1. The first kappa shape index (κ1) is 14.1. The molecular weight excluding hydrogens is 224 g/mol. The van der Waals surface area contributed by atoms with E-state index >= 15 is 0 Å². The molecule has 1 aromatic rings. The molecule has 0 aromatic heterocycles. The topological polar surface area (TPSA) is 45.0 Å². The van der Waals surface area contributed by atoms with Gasteiger partial charge in [-0.3, -0.25) is 0 Å². The van der Waals surface area contributed by atoms with Crippen LogP contribution in [0.25, 0.3) is 0 Å². The highest BCUT2D eigenvalue weighted by Gasteiger charge is 2.03. The van der Waals surface area contributed by atoms with E-state index in [1.807, 2.05) is 12.1 Å². The average Bonchev–Trinajstić information content (AvgIpc) is 2.42. The Morgan fingerprint density at radius 2 is 2.22 bits per heavy atom. The molecule has 0 fully saturated rings. The van der Waals surface area contributed by atoms with Gasteiger partial charge in [-0.05, 0) is 31.4 Å². The number of nitriles is 1. The van der Waals surface area contributed by atoms with Crippen LogP contribution in [0.4, 0.5) is 5.69 Å². The van der Waals surface area contributed by atoms with Gasteiger partial charge in [0.2, 0.25) is 0 Å². The Morgan fingerprint density at radius 1 is 1.39 bits per heavy atom. The lowest BCUT2D eigenvalue weighted by Crippen LogP contribution is -2.03. The van der Waals surface area contributed by atoms with Crippen molar-refractivity contribution in [2.45, 2.75) is 25.7 Å². The average molecular weight is 244 g/mol. The molecule has 96 valence electrons. The number of rotatable bonds is 8. The molecule has 0 saturated carbocycles. The second-order valence-electron chi connectivity index (χ2n) is 4.09. The molecule has 0 aliphatic rings. The molecule has 3 heteroatoms. The summed E-state index contributed by atoms with van der Waals surface area (Å²) in [5, 5.41) is 12.1. The maximum Gasteiger partial charge on any atom is 0.143 e. The number of allylic oxidation sites excluding steroid dienone is 1. The van der Waals surface area contributed by atoms with E-state index in [1.165, 1.54) is 12.8 Å². The number of methoxy groups -OCH3 is 1. The van der Waals surface area contributed by atoms with E-state index in [9.17, 15) is 0 Å². The molecule has 0 spiro atoms. The summed E-state index contributed by atoms with van der Waals surface area (Å²) >= 11 is 0. The summed E-state index contributed by atoms with van der Waals surface area (Å²) in [7, 11) is 1.62. The van der Waals surface area contributed by atoms with Crippen LogP contribution in [0.5, 0.6) is 5.75 Å². The molecule has 0 heterocycles. The molecule has 1 aromatic carbocycles. The molecule has 0 bridgehead atoms. The SMILES string of the molecule is C=CCCCCCNc1ccc(C#N)cc1OC. The summed E-state index contributed by atoms with van der Waals surface area (Å²) in [5.41, 5.74) is 1.56. The van der Waals surface area contributed by atoms with E-state index in [0.717, 1.165) is 30.8 Å². The van der Waals surface area contributed by atoms with Crippen molar-refractivity contribution in [2.75, 3.05) is 19.0 Å². The van der Waals surface area contributed by atoms with Crippen LogP contribution >= 0.6 is 0 Å². The smallest absolute Gasteiger partial charge is 0.143 e. The van der Waals surface area contributed by atoms with Crippen LogP contribution in [-0.2, 0) is 0 Å². The minimum atomic E-state index is 0.614. The second kappa shape index (κ2) is 8.19. The van der Waals surface area contributed by atoms with Gasteiger partial charge in [-0.25, -0.2) is 0 Å². The molecule has 3 nitrogen and oxygen atoms in total. The van der Waals surface area contributed by atoms with Crippen molar-refractivity contribution < 1.29 is 4.74 Å². The quantitative estimate of drug-likeness (QED) is 0.560. The fraction of sp³-hybridized carbons (Fsp3) is 0.400. The predicted molar refractivity (Wildman–Crippen MR) is 74.9 cm³/mol. The standard InChI is InChI=1S/C15H20N2O/c1-3-4-5-6-7-10-17-14-9-8-13(12-16)11-15(14)18-2/h3,8-9,11,17H,1,4-7,10H2,2H3. The van der Waals surface area contributed by atoms with Crippen LogP contribution in [0.1, 0.15) is 31.2 Å². The number of unbranched alkanes of at least 4 members (excludes halogenated alkanes) is 3. The normalized spacial score (nSPS) is 9.56. The predicted octanol–water partition coefficient (Wildman–Crippen LogP) is 3.73. The largest absolute Gasteiger partial charge is 0.495 e. The zero-order valence-electron chi connectivity index (χ0n) is 10.9. The van der Waals surface area contributed by atoms with Crippen LogP contribution < -0.4 is 10.1 Å². The van der Waals surface area contributed by atoms with Gasteiger partial charge in [0, 0.05) is 12.6 Å². The third kappa shape index (κ3) is 4.50. The minimum Gasteiger partial charge on any atom is -0.495 e. The van der Waals surface area contributed by atoms with E-state index in [-0.39, 0.29) is 0 Å². The van der Waals surface area contributed by atoms with Gasteiger partial charge in [-0.1, -0.05) is 12.5 Å². The van der Waals surface area contributed by atoms with Crippen molar-refractivity contribution in [3.05, 3.63) is 36.4 Å². The number of hydrogen-bond donors (Lipinski definition) is 1. The van der Waals surface area contributed by atoms with Gasteiger partial charge in [0.15, 0.2) is 0 Å². The molecule has 0 saturated heterocycles. The van der Waals surface area contributed by atoms with E-state index < -0.39 is 0 Å². The Bertz CT molecular complexity index is 421. The first-order valence-electron chi connectivity index (χ1n) is 6.24. The van der Waals surface area contributed by atoms with Crippen molar-refractivity contribution in [1.82, 2.24) is 0 Å². The molecular formula is C15H20N2O. The van der Waals surface area contributed by atoms with E-state index in [2.05, 4.69) is 18.0 Å². The highest BCUT2D eigenvalue weighted by Crippen LogP contribution is 2.25. The van der Waals surface area contributed by atoms with Gasteiger partial charge in [0.05, 0.1) is 24.4 Å². The summed E-state index contributed by atoms with van der Waals surface area (Å²) in [6.45, 7) is 4.62. The molecule has 0 aliphatic carbocycles. The van der Waals surface area contributed by atoms with E-state index in [4.69, 9.17) is 10.00 Å². The molecule has 18 heavy (non-hydrogen) atoms. The van der Waals surface area contributed by atoms with Crippen LogP contribution in [0, 0.1) is 11.3 Å². The first-order valence-corrected chi connectivity index (χ1v) is 6.24. The van der Waals surface area contributed by atoms with Crippen molar-refractivity contribution >= 4 is 5.69 Å². The summed E-state index contributed by atoms with van der Waals surface area (Å²) in [4.78, 5) is 0. The Morgan fingerprint density at radius 3 is 2.89 bits per heavy atom. The lowest BCUT2D eigenvalue weighted by atomic mass is 10.1. The first-order chi connectivity index (χ1) is 8.81. The highest BCUT2D eigenvalue weighted by atomic mass is 16.5. The number of anilines is 1. The number of ether oxygens (including phenoxy) is 1. The summed E-state index contributed by atoms with van der Waals surface area (Å²) < 4.78 is 5.26. The monoisotopic (exact) mass is 244 g/mol. The van der Waals surface area contributed by atoms with Gasteiger partial charge in [0.1, 0.15) is 5.75 Å². The fourth-order valence-corrected chi connectivity index (χ4v) is 1.72. The molecule has 0 radical (unpaired) electrons. The molecule has 0 amide bonds. The maximum absolute atomic E-state index is 8.81. The molecule has 0 aliphatic heterocycles. The van der Waals surface area contributed by atoms with E-state index in [1.54, 1.807) is 19.2 Å². The Hall–Kier alpha value is -1.95. The van der Waals surface area contributed by atoms with Crippen LogP contribution in [0.2, 0.25) is 0 Å². The zero-order chi connectivity index (χ0) is 13.2. The molecule has 0 unspecified atom stereocenters. The number of nitrogens with zero attached hydrogens (tertiary/aromatic N) is 1. The van der Waals surface area contributed by atoms with Gasteiger partial charge in [-0.2, -0.15) is 5.26 Å². The third-order valence-electron chi connectivity index (χ3n) is 2.73. The van der Waals surface area contributed by atoms with Crippen LogP contribution in [0.3, 0.4) is 0 Å². The van der Waals surface area contributed by atoms with Crippen LogP contribution in [-0.4, -0.2) is 13.7 Å². The fourth-order valence-electron chi connectivity index (χ4n) is 1.72. The zero-order valence-corrected chi connectivity index (χ0v) is 10.9. The Labute approximate surface area is 109 Å². The molecule has 1 N–H and O–H groups in total. The Kier molecular flexibility index (Phi) is 6.42. The number of hydrogen-bond acceptors (Lipinski definition) is 3. The lowest BCUT2D eigenvalue weighted by Gasteiger charge is -2.11. The number of benzene rings is 1. The van der Waals surface area contributed by atoms with Gasteiger partial charge < -0.3 is 10.1 Å². The lowest BCUT2D eigenvalue weighted by molar-refractivity contribution is 0.416. The Balaban J connectivity index is 2.42. The van der Waals surface area contributed by atoms with E-state index in [0.29, 0.717) is 5.56 Å². The molecule has 0 atom stereocenters. The second-order valence-corrected chi connectivity index (χ2v) is 4.09. The van der Waals surface area contributed by atoms with Gasteiger partial charge in [0.25, 0.3) is 0 Å². The van der Waals surface area contributed by atoms with Crippen molar-refractivity contribution in [3.8, 4) is 11.8 Å². The maximum atomic E-state index is 8.81. The van der Waals surface area contributed by atoms with Crippen molar-refractivity contribution in [3.63, 3.8) is 0 Å². The van der Waals surface area contributed by atoms with Crippen molar-refractivity contribution in [2.24, 2.45) is 0 Å². The summed E-state index contributed by atoms with van der Waals surface area (Å²) in [6, 6.07) is 7.54. The van der Waals surface area contributed by atoms with Crippen LogP contribution in [0.15, 0.2) is 30.9 Å². The highest BCUT2D eigenvalue weighted by molar-refractivity contribution is 5.59. The van der Waals surface area contributed by atoms with Gasteiger partial charge >= 0.3 is 0 Å². The summed E-state index contributed by atoms with van der Waals surface area (Å²) in [6.07, 6.45) is 6.54. The summed E-state index contributed by atoms with van der Waals surface area (Å²) in [5.74, 6) is 0.722. The third-order valence-corrected chi connectivity index (χ3v) is 2.73.